The minimum Gasteiger partial charge on any atom is -0.335 e. The maximum Gasteiger partial charge on any atom is 0.272 e. The summed E-state index contributed by atoms with van der Waals surface area (Å²) in [6.07, 6.45) is 1.79. The lowest BCUT2D eigenvalue weighted by molar-refractivity contribution is 0.0620. The van der Waals surface area contributed by atoms with Crippen LogP contribution < -0.4 is 0 Å². The lowest BCUT2D eigenvalue weighted by Crippen LogP contribution is -2.48. The van der Waals surface area contributed by atoms with Crippen molar-refractivity contribution in [3.63, 3.8) is 0 Å². The second-order valence-corrected chi connectivity index (χ2v) is 8.01. The van der Waals surface area contributed by atoms with Crippen molar-refractivity contribution >= 4 is 21.8 Å². The van der Waals surface area contributed by atoms with Crippen LogP contribution in [0.1, 0.15) is 21.6 Å². The molecular formula is C23H21BrN4O. The van der Waals surface area contributed by atoms with E-state index in [4.69, 9.17) is 0 Å². The molecule has 1 fully saturated rings. The highest BCUT2D eigenvalue weighted by Crippen LogP contribution is 2.22. The van der Waals surface area contributed by atoms with Crippen LogP contribution in [0.2, 0.25) is 0 Å². The van der Waals surface area contributed by atoms with Crippen molar-refractivity contribution in [2.75, 3.05) is 26.2 Å². The van der Waals surface area contributed by atoms with Gasteiger partial charge >= 0.3 is 0 Å². The zero-order valence-electron chi connectivity index (χ0n) is 16.0. The number of nitriles is 1. The van der Waals surface area contributed by atoms with Gasteiger partial charge in [-0.2, -0.15) is 5.26 Å². The molecule has 1 aliphatic heterocycles. The fourth-order valence-electron chi connectivity index (χ4n) is 3.68. The lowest BCUT2D eigenvalue weighted by atomic mass is 10.2. The lowest BCUT2D eigenvalue weighted by Gasteiger charge is -2.35. The summed E-state index contributed by atoms with van der Waals surface area (Å²) in [6.45, 7) is 3.83. The molecule has 4 rings (SSSR count). The van der Waals surface area contributed by atoms with Crippen molar-refractivity contribution in [1.82, 2.24) is 14.4 Å². The van der Waals surface area contributed by atoms with Gasteiger partial charge in [-0.25, -0.2) is 0 Å². The van der Waals surface area contributed by atoms with Gasteiger partial charge in [0.1, 0.15) is 11.8 Å². The SMILES string of the molecule is N#Cc1ccn(-c2cccc(Br)c2)c1C(=O)N1CCN(Cc2ccccc2)CC1. The van der Waals surface area contributed by atoms with Crippen molar-refractivity contribution < 1.29 is 4.79 Å². The van der Waals surface area contributed by atoms with Gasteiger partial charge in [-0.05, 0) is 29.8 Å². The molecule has 1 saturated heterocycles. The predicted octanol–water partition coefficient (Wildman–Crippen LogP) is 4.07. The molecule has 0 spiro atoms. The van der Waals surface area contributed by atoms with Crippen LogP contribution >= 0.6 is 15.9 Å². The molecule has 0 atom stereocenters. The van der Waals surface area contributed by atoms with Crippen LogP contribution in [0.15, 0.2) is 71.3 Å². The second kappa shape index (κ2) is 8.64. The highest BCUT2D eigenvalue weighted by atomic mass is 79.9. The van der Waals surface area contributed by atoms with E-state index < -0.39 is 0 Å². The molecular weight excluding hydrogens is 428 g/mol. The molecule has 1 amide bonds. The van der Waals surface area contributed by atoms with Gasteiger partial charge in [0.15, 0.2) is 0 Å². The number of nitrogens with zero attached hydrogens (tertiary/aromatic N) is 4. The third kappa shape index (κ3) is 4.26. The van der Waals surface area contributed by atoms with E-state index in [-0.39, 0.29) is 5.91 Å². The minimum absolute atomic E-state index is 0.0918. The van der Waals surface area contributed by atoms with E-state index in [1.165, 1.54) is 5.56 Å². The second-order valence-electron chi connectivity index (χ2n) is 7.09. The molecule has 6 heteroatoms. The molecule has 1 aliphatic rings. The number of amides is 1. The van der Waals surface area contributed by atoms with E-state index in [0.29, 0.717) is 24.3 Å². The summed E-state index contributed by atoms with van der Waals surface area (Å²) in [6, 6.07) is 22.0. The van der Waals surface area contributed by atoms with Crippen molar-refractivity contribution in [2.45, 2.75) is 6.54 Å². The highest BCUT2D eigenvalue weighted by Gasteiger charge is 2.27. The number of piperazine rings is 1. The average Bonchev–Trinajstić information content (AvgIpc) is 3.19. The largest absolute Gasteiger partial charge is 0.335 e. The third-order valence-corrected chi connectivity index (χ3v) is 5.70. The summed E-state index contributed by atoms with van der Waals surface area (Å²) in [4.78, 5) is 17.5. The first-order chi connectivity index (χ1) is 14.2. The van der Waals surface area contributed by atoms with Crippen molar-refractivity contribution in [3.05, 3.63) is 88.2 Å². The summed E-state index contributed by atoms with van der Waals surface area (Å²) in [5.41, 5.74) is 2.97. The molecule has 0 aliphatic carbocycles. The number of benzene rings is 2. The van der Waals surface area contributed by atoms with Crippen LogP contribution in [0, 0.1) is 11.3 Å². The van der Waals surface area contributed by atoms with E-state index in [1.54, 1.807) is 12.3 Å². The van der Waals surface area contributed by atoms with Crippen LogP contribution in [-0.2, 0) is 6.54 Å². The Labute approximate surface area is 178 Å². The van der Waals surface area contributed by atoms with Gasteiger partial charge < -0.3 is 9.47 Å². The average molecular weight is 449 g/mol. The van der Waals surface area contributed by atoms with Crippen LogP contribution in [0.25, 0.3) is 5.69 Å². The molecule has 0 saturated carbocycles. The quantitative estimate of drug-likeness (QED) is 0.604. The molecule has 146 valence electrons. The zero-order chi connectivity index (χ0) is 20.2. The Morgan fingerprint density at radius 1 is 1.00 bits per heavy atom. The molecule has 0 unspecified atom stereocenters. The first kappa shape index (κ1) is 19.4. The van der Waals surface area contributed by atoms with E-state index in [9.17, 15) is 10.1 Å². The van der Waals surface area contributed by atoms with E-state index >= 15 is 0 Å². The number of carbonyl (C=O) groups is 1. The number of carbonyl (C=O) groups excluding carboxylic acids is 1. The Morgan fingerprint density at radius 3 is 2.45 bits per heavy atom. The summed E-state index contributed by atoms with van der Waals surface area (Å²) in [5.74, 6) is -0.0918. The van der Waals surface area contributed by atoms with Crippen LogP contribution in [-0.4, -0.2) is 46.5 Å². The molecule has 2 heterocycles. The molecule has 29 heavy (non-hydrogen) atoms. The zero-order valence-corrected chi connectivity index (χ0v) is 17.5. The summed E-state index contributed by atoms with van der Waals surface area (Å²) in [5, 5.41) is 9.54. The Morgan fingerprint density at radius 2 is 1.76 bits per heavy atom. The van der Waals surface area contributed by atoms with Crippen LogP contribution in [0.3, 0.4) is 0 Å². The minimum atomic E-state index is -0.0918. The molecule has 0 radical (unpaired) electrons. The molecule has 3 aromatic rings. The van der Waals surface area contributed by atoms with Gasteiger partial charge in [-0.1, -0.05) is 52.3 Å². The number of halogens is 1. The molecule has 0 bridgehead atoms. The van der Waals surface area contributed by atoms with Gasteiger partial charge in [-0.15, -0.1) is 0 Å². The number of aromatic nitrogens is 1. The topological polar surface area (TPSA) is 52.3 Å². The number of hydrogen-bond donors (Lipinski definition) is 0. The van der Waals surface area contributed by atoms with Crippen molar-refractivity contribution in [1.29, 1.82) is 5.26 Å². The fourth-order valence-corrected chi connectivity index (χ4v) is 4.07. The van der Waals surface area contributed by atoms with Gasteiger partial charge in [0.05, 0.1) is 5.56 Å². The predicted molar refractivity (Wildman–Crippen MR) is 116 cm³/mol. The maximum absolute atomic E-state index is 13.3. The molecule has 5 nitrogen and oxygen atoms in total. The normalized spacial score (nSPS) is 14.6. The van der Waals surface area contributed by atoms with Crippen LogP contribution in [0.5, 0.6) is 0 Å². The Balaban J connectivity index is 1.51. The highest BCUT2D eigenvalue weighted by molar-refractivity contribution is 9.10. The Kier molecular flexibility index (Phi) is 5.79. The number of hydrogen-bond acceptors (Lipinski definition) is 3. The Bertz CT molecular complexity index is 1050. The summed E-state index contributed by atoms with van der Waals surface area (Å²) in [7, 11) is 0. The number of rotatable bonds is 4. The first-order valence-corrected chi connectivity index (χ1v) is 10.4. The standard InChI is InChI=1S/C23H21BrN4O/c24-20-7-4-8-21(15-20)28-10-9-19(16-25)22(28)23(29)27-13-11-26(12-14-27)17-18-5-2-1-3-6-18/h1-10,15H,11-14,17H2. The first-order valence-electron chi connectivity index (χ1n) is 9.58. The smallest absolute Gasteiger partial charge is 0.272 e. The van der Waals surface area contributed by atoms with Gasteiger partial charge in [0.25, 0.3) is 5.91 Å². The van der Waals surface area contributed by atoms with Gasteiger partial charge in [0.2, 0.25) is 0 Å². The third-order valence-electron chi connectivity index (χ3n) is 5.20. The van der Waals surface area contributed by atoms with Crippen LogP contribution in [0.4, 0.5) is 0 Å². The van der Waals surface area contributed by atoms with E-state index in [1.807, 2.05) is 39.8 Å². The molecule has 1 aromatic heterocycles. The monoisotopic (exact) mass is 448 g/mol. The van der Waals surface area contributed by atoms with Gasteiger partial charge in [0, 0.05) is 49.1 Å². The fraction of sp³-hybridized carbons (Fsp3) is 0.217. The summed E-state index contributed by atoms with van der Waals surface area (Å²) < 4.78 is 2.73. The Hall–Kier alpha value is -2.88. The van der Waals surface area contributed by atoms with Crippen molar-refractivity contribution in [3.8, 4) is 11.8 Å². The summed E-state index contributed by atoms with van der Waals surface area (Å²) >= 11 is 3.48. The van der Waals surface area contributed by atoms with E-state index in [0.717, 1.165) is 29.8 Å². The molecule has 2 aromatic carbocycles. The van der Waals surface area contributed by atoms with E-state index in [2.05, 4.69) is 51.2 Å². The van der Waals surface area contributed by atoms with Crippen molar-refractivity contribution in [2.24, 2.45) is 0 Å². The maximum atomic E-state index is 13.3. The molecule has 0 N–H and O–H groups in total. The van der Waals surface area contributed by atoms with Gasteiger partial charge in [-0.3, -0.25) is 9.69 Å².